The van der Waals surface area contributed by atoms with Crippen molar-refractivity contribution in [3.63, 3.8) is 0 Å². The number of carbonyl (C=O) groups excluding carboxylic acids is 2. The van der Waals surface area contributed by atoms with Gasteiger partial charge in [0.05, 0.1) is 20.1 Å². The van der Waals surface area contributed by atoms with Crippen molar-refractivity contribution in [1.82, 2.24) is 5.32 Å². The SMILES string of the molecule is COc1ccc(CC(=O)NCC(=O)Nc2ccc(F)c(F)c2)cc1. The van der Waals surface area contributed by atoms with Gasteiger partial charge >= 0.3 is 0 Å². The molecule has 2 aromatic rings. The van der Waals surface area contributed by atoms with Crippen LogP contribution in [-0.4, -0.2) is 25.5 Å². The van der Waals surface area contributed by atoms with E-state index < -0.39 is 17.5 Å². The third-order valence-corrected chi connectivity index (χ3v) is 3.17. The van der Waals surface area contributed by atoms with E-state index >= 15 is 0 Å². The molecule has 2 rings (SSSR count). The number of carbonyl (C=O) groups is 2. The Morgan fingerprint density at radius 1 is 1.00 bits per heavy atom. The summed E-state index contributed by atoms with van der Waals surface area (Å²) in [5.74, 6) is -2.24. The van der Waals surface area contributed by atoms with Gasteiger partial charge in [-0.05, 0) is 29.8 Å². The van der Waals surface area contributed by atoms with Crippen molar-refractivity contribution in [2.45, 2.75) is 6.42 Å². The molecule has 0 fully saturated rings. The first kappa shape index (κ1) is 17.4. The largest absolute Gasteiger partial charge is 0.497 e. The maximum Gasteiger partial charge on any atom is 0.243 e. The van der Waals surface area contributed by atoms with E-state index in [1.54, 1.807) is 31.4 Å². The van der Waals surface area contributed by atoms with Gasteiger partial charge in [-0.1, -0.05) is 12.1 Å². The Morgan fingerprint density at radius 2 is 1.71 bits per heavy atom. The molecule has 5 nitrogen and oxygen atoms in total. The fourth-order valence-electron chi connectivity index (χ4n) is 1.95. The minimum atomic E-state index is -1.06. The molecule has 0 heterocycles. The number of halogens is 2. The first-order chi connectivity index (χ1) is 11.5. The van der Waals surface area contributed by atoms with E-state index in [9.17, 15) is 18.4 Å². The van der Waals surface area contributed by atoms with Crippen LogP contribution in [-0.2, 0) is 16.0 Å². The number of rotatable bonds is 6. The molecule has 126 valence electrons. The molecule has 7 heteroatoms. The Kier molecular flexibility index (Phi) is 5.83. The molecule has 24 heavy (non-hydrogen) atoms. The van der Waals surface area contributed by atoms with Crippen LogP contribution < -0.4 is 15.4 Å². The van der Waals surface area contributed by atoms with Crippen LogP contribution in [0.25, 0.3) is 0 Å². The number of nitrogens with one attached hydrogen (secondary N) is 2. The lowest BCUT2D eigenvalue weighted by atomic mass is 10.1. The monoisotopic (exact) mass is 334 g/mol. The van der Waals surface area contributed by atoms with Crippen LogP contribution in [0.1, 0.15) is 5.56 Å². The summed E-state index contributed by atoms with van der Waals surface area (Å²) in [5.41, 5.74) is 0.887. The molecule has 0 spiro atoms. The zero-order valence-electron chi connectivity index (χ0n) is 12.9. The van der Waals surface area contributed by atoms with Crippen LogP contribution in [0.3, 0.4) is 0 Å². The Balaban J connectivity index is 1.79. The van der Waals surface area contributed by atoms with Gasteiger partial charge in [0.1, 0.15) is 5.75 Å². The summed E-state index contributed by atoms with van der Waals surface area (Å²) >= 11 is 0. The standard InChI is InChI=1S/C17H16F2N2O3/c1-24-13-5-2-11(3-6-13)8-16(22)20-10-17(23)21-12-4-7-14(18)15(19)9-12/h2-7,9H,8,10H2,1H3,(H,20,22)(H,21,23). The fourth-order valence-corrected chi connectivity index (χ4v) is 1.95. The second-order valence-corrected chi connectivity index (χ2v) is 4.98. The van der Waals surface area contributed by atoms with E-state index in [0.717, 1.165) is 17.7 Å². The highest BCUT2D eigenvalue weighted by Gasteiger charge is 2.09. The number of amides is 2. The highest BCUT2D eigenvalue weighted by Crippen LogP contribution is 2.13. The zero-order chi connectivity index (χ0) is 17.5. The summed E-state index contributed by atoms with van der Waals surface area (Å²) in [4.78, 5) is 23.5. The summed E-state index contributed by atoms with van der Waals surface area (Å²) in [6.45, 7) is -0.270. The topological polar surface area (TPSA) is 67.4 Å². The molecule has 0 unspecified atom stereocenters. The van der Waals surface area contributed by atoms with Crippen LogP contribution in [0, 0.1) is 11.6 Å². The lowest BCUT2D eigenvalue weighted by molar-refractivity contribution is -0.123. The van der Waals surface area contributed by atoms with Gasteiger partial charge in [0.15, 0.2) is 11.6 Å². The van der Waals surface area contributed by atoms with Crippen LogP contribution in [0.4, 0.5) is 14.5 Å². The molecule has 0 bridgehead atoms. The van der Waals surface area contributed by atoms with E-state index in [2.05, 4.69) is 10.6 Å². The van der Waals surface area contributed by atoms with E-state index in [-0.39, 0.29) is 24.6 Å². The van der Waals surface area contributed by atoms with E-state index in [1.807, 2.05) is 0 Å². The van der Waals surface area contributed by atoms with Crippen molar-refractivity contribution in [2.24, 2.45) is 0 Å². The van der Waals surface area contributed by atoms with Crippen molar-refractivity contribution in [2.75, 3.05) is 19.0 Å². The maximum atomic E-state index is 13.0. The predicted molar refractivity (Wildman–Crippen MR) is 84.7 cm³/mol. The van der Waals surface area contributed by atoms with E-state index in [0.29, 0.717) is 5.75 Å². The molecule has 0 aliphatic heterocycles. The van der Waals surface area contributed by atoms with Gasteiger partial charge < -0.3 is 15.4 Å². The highest BCUT2D eigenvalue weighted by atomic mass is 19.2. The van der Waals surface area contributed by atoms with Gasteiger partial charge in [0, 0.05) is 11.8 Å². The summed E-state index contributed by atoms with van der Waals surface area (Å²) in [5, 5.41) is 4.82. The smallest absolute Gasteiger partial charge is 0.243 e. The van der Waals surface area contributed by atoms with Gasteiger partial charge in [-0.15, -0.1) is 0 Å². The third kappa shape index (κ3) is 5.05. The van der Waals surface area contributed by atoms with Crippen LogP contribution in [0.5, 0.6) is 5.75 Å². The van der Waals surface area contributed by atoms with Crippen molar-refractivity contribution in [3.05, 3.63) is 59.7 Å². The maximum absolute atomic E-state index is 13.0. The number of anilines is 1. The molecule has 0 saturated heterocycles. The number of hydrogen-bond acceptors (Lipinski definition) is 3. The van der Waals surface area contributed by atoms with Gasteiger partial charge in [-0.2, -0.15) is 0 Å². The molecule has 0 aliphatic rings. The Hall–Kier alpha value is -2.96. The quantitative estimate of drug-likeness (QED) is 0.852. The van der Waals surface area contributed by atoms with Crippen LogP contribution in [0.15, 0.2) is 42.5 Å². The van der Waals surface area contributed by atoms with Gasteiger partial charge in [-0.3, -0.25) is 9.59 Å². The number of benzene rings is 2. The lowest BCUT2D eigenvalue weighted by Gasteiger charge is -2.08. The minimum absolute atomic E-state index is 0.114. The fraction of sp³-hybridized carbons (Fsp3) is 0.176. The highest BCUT2D eigenvalue weighted by molar-refractivity contribution is 5.94. The second kappa shape index (κ2) is 8.05. The second-order valence-electron chi connectivity index (χ2n) is 4.98. The van der Waals surface area contributed by atoms with Gasteiger partial charge in [-0.25, -0.2) is 8.78 Å². The molecule has 0 atom stereocenters. The number of hydrogen-bond donors (Lipinski definition) is 2. The van der Waals surface area contributed by atoms with Gasteiger partial charge in [0.2, 0.25) is 11.8 Å². The van der Waals surface area contributed by atoms with Crippen molar-refractivity contribution < 1.29 is 23.1 Å². The Labute approximate surface area is 137 Å². The van der Waals surface area contributed by atoms with E-state index in [4.69, 9.17) is 4.74 Å². The molecular formula is C17H16F2N2O3. The molecule has 0 aromatic heterocycles. The molecule has 0 radical (unpaired) electrons. The number of methoxy groups -OCH3 is 1. The van der Waals surface area contributed by atoms with Crippen LogP contribution >= 0.6 is 0 Å². The predicted octanol–water partition coefficient (Wildman–Crippen LogP) is 2.27. The summed E-state index contributed by atoms with van der Waals surface area (Å²) < 4.78 is 30.8. The van der Waals surface area contributed by atoms with Crippen LogP contribution in [0.2, 0.25) is 0 Å². The molecular weight excluding hydrogens is 318 g/mol. The summed E-state index contributed by atoms with van der Waals surface area (Å²) in [6, 6.07) is 9.98. The van der Waals surface area contributed by atoms with Crippen molar-refractivity contribution in [1.29, 1.82) is 0 Å². The average Bonchev–Trinajstić information content (AvgIpc) is 2.57. The first-order valence-electron chi connectivity index (χ1n) is 7.12. The Bertz CT molecular complexity index is 733. The van der Waals surface area contributed by atoms with E-state index in [1.165, 1.54) is 6.07 Å². The normalized spacial score (nSPS) is 10.1. The number of ether oxygens (including phenoxy) is 1. The third-order valence-electron chi connectivity index (χ3n) is 3.17. The average molecular weight is 334 g/mol. The Morgan fingerprint density at radius 3 is 2.33 bits per heavy atom. The lowest BCUT2D eigenvalue weighted by Crippen LogP contribution is -2.33. The summed E-state index contributed by atoms with van der Waals surface area (Å²) in [6.07, 6.45) is 0.114. The van der Waals surface area contributed by atoms with Crippen molar-refractivity contribution >= 4 is 17.5 Å². The minimum Gasteiger partial charge on any atom is -0.497 e. The molecule has 2 amide bonds. The molecule has 0 aliphatic carbocycles. The van der Waals surface area contributed by atoms with Gasteiger partial charge in [0.25, 0.3) is 0 Å². The molecule has 2 N–H and O–H groups in total. The zero-order valence-corrected chi connectivity index (χ0v) is 12.9. The molecule has 2 aromatic carbocycles. The molecule has 0 saturated carbocycles. The summed E-state index contributed by atoms with van der Waals surface area (Å²) in [7, 11) is 1.55. The van der Waals surface area contributed by atoms with Crippen molar-refractivity contribution in [3.8, 4) is 5.75 Å². The first-order valence-corrected chi connectivity index (χ1v) is 7.12.